The Morgan fingerprint density at radius 3 is 1.79 bits per heavy atom. The van der Waals surface area contributed by atoms with Crippen molar-refractivity contribution in [2.24, 2.45) is 0 Å². The summed E-state index contributed by atoms with van der Waals surface area (Å²) >= 11 is 0. The Morgan fingerprint density at radius 1 is 0.521 bits per heavy atom. The molecule has 0 fully saturated rings. The zero-order valence-electron chi connectivity index (χ0n) is 27.6. The molecular formula is C48H38. The lowest BCUT2D eigenvalue weighted by molar-refractivity contribution is 1.56. The molecule has 0 atom stereocenters. The van der Waals surface area contributed by atoms with Crippen molar-refractivity contribution < 1.29 is 0 Å². The Labute approximate surface area is 284 Å². The second kappa shape index (κ2) is 13.4. The van der Waals surface area contributed by atoms with Gasteiger partial charge in [-0.3, -0.25) is 0 Å². The van der Waals surface area contributed by atoms with E-state index >= 15 is 0 Å². The van der Waals surface area contributed by atoms with Crippen LogP contribution >= 0.6 is 0 Å². The summed E-state index contributed by atoms with van der Waals surface area (Å²) in [4.78, 5) is 0. The molecule has 0 spiro atoms. The molecule has 0 aromatic heterocycles. The first-order chi connectivity index (χ1) is 23.7. The summed E-state index contributed by atoms with van der Waals surface area (Å²) in [5.74, 6) is 0. The Balaban J connectivity index is 1.53. The number of benzene rings is 7. The van der Waals surface area contributed by atoms with Gasteiger partial charge >= 0.3 is 0 Å². The third kappa shape index (κ3) is 5.42. The molecule has 7 aromatic rings. The summed E-state index contributed by atoms with van der Waals surface area (Å²) in [5, 5.41) is 7.34. The predicted octanol–water partition coefficient (Wildman–Crippen LogP) is 14.0. The van der Waals surface area contributed by atoms with E-state index in [9.17, 15) is 0 Å². The SMILES string of the molecule is C=C/C=C(\C=C/C)c1cc2ccccc2cc1-c1c(/C=C\C)c(C=C)c(-c2ccc(-c3cccc4ccccc34)cc2)c2ccccc12. The highest BCUT2D eigenvalue weighted by molar-refractivity contribution is 6.14. The van der Waals surface area contributed by atoms with Gasteiger partial charge in [-0.2, -0.15) is 0 Å². The average Bonchev–Trinajstić information content (AvgIpc) is 3.13. The second-order valence-electron chi connectivity index (χ2n) is 12.0. The second-order valence-corrected chi connectivity index (χ2v) is 12.0. The van der Waals surface area contributed by atoms with Crippen LogP contribution < -0.4 is 0 Å². The van der Waals surface area contributed by atoms with Gasteiger partial charge in [-0.05, 0) is 114 Å². The van der Waals surface area contributed by atoms with Crippen LogP contribution in [0.1, 0.15) is 30.5 Å². The van der Waals surface area contributed by atoms with Gasteiger partial charge in [0.25, 0.3) is 0 Å². The van der Waals surface area contributed by atoms with Crippen molar-refractivity contribution >= 4 is 50.0 Å². The van der Waals surface area contributed by atoms with Gasteiger partial charge in [0.15, 0.2) is 0 Å². The summed E-state index contributed by atoms with van der Waals surface area (Å²) < 4.78 is 0. The first-order valence-electron chi connectivity index (χ1n) is 16.6. The van der Waals surface area contributed by atoms with E-state index in [0.717, 1.165) is 16.7 Å². The summed E-state index contributed by atoms with van der Waals surface area (Å²) in [7, 11) is 0. The molecule has 0 radical (unpaired) electrons. The van der Waals surface area contributed by atoms with Gasteiger partial charge in [-0.25, -0.2) is 0 Å². The molecule has 0 aliphatic rings. The van der Waals surface area contributed by atoms with E-state index in [4.69, 9.17) is 0 Å². The van der Waals surface area contributed by atoms with Crippen LogP contribution in [-0.2, 0) is 0 Å². The molecule has 0 amide bonds. The van der Waals surface area contributed by atoms with E-state index in [2.05, 4.69) is 185 Å². The van der Waals surface area contributed by atoms with Crippen molar-refractivity contribution in [3.8, 4) is 33.4 Å². The van der Waals surface area contributed by atoms with Crippen LogP contribution in [-0.4, -0.2) is 0 Å². The van der Waals surface area contributed by atoms with Crippen molar-refractivity contribution in [2.45, 2.75) is 13.8 Å². The normalized spacial score (nSPS) is 12.1. The minimum atomic E-state index is 1.12. The van der Waals surface area contributed by atoms with Crippen LogP contribution in [0.5, 0.6) is 0 Å². The van der Waals surface area contributed by atoms with E-state index in [1.54, 1.807) is 0 Å². The van der Waals surface area contributed by atoms with Crippen molar-refractivity contribution in [1.29, 1.82) is 0 Å². The lowest BCUT2D eigenvalue weighted by Gasteiger charge is -2.23. The average molecular weight is 615 g/mol. The van der Waals surface area contributed by atoms with Gasteiger partial charge in [0.05, 0.1) is 0 Å². The topological polar surface area (TPSA) is 0 Å². The highest BCUT2D eigenvalue weighted by Crippen LogP contribution is 2.46. The Morgan fingerprint density at radius 2 is 1.12 bits per heavy atom. The number of hydrogen-bond acceptors (Lipinski definition) is 0. The molecular weight excluding hydrogens is 577 g/mol. The smallest absolute Gasteiger partial charge is 0.00200 e. The molecule has 230 valence electrons. The van der Waals surface area contributed by atoms with Crippen LogP contribution in [0.25, 0.3) is 83.4 Å². The van der Waals surface area contributed by atoms with Crippen molar-refractivity contribution in [3.63, 3.8) is 0 Å². The molecule has 48 heavy (non-hydrogen) atoms. The monoisotopic (exact) mass is 614 g/mol. The largest absolute Gasteiger partial charge is 0.0990 e. The lowest BCUT2D eigenvalue weighted by atomic mass is 9.80. The third-order valence-corrected chi connectivity index (χ3v) is 9.22. The molecule has 0 aliphatic carbocycles. The molecule has 7 rings (SSSR count). The molecule has 0 heterocycles. The summed E-state index contributed by atoms with van der Waals surface area (Å²) in [6.07, 6.45) is 14.7. The van der Waals surface area contributed by atoms with Gasteiger partial charge in [-0.1, -0.05) is 171 Å². The van der Waals surface area contributed by atoms with Crippen LogP contribution in [0.15, 0.2) is 171 Å². The number of hydrogen-bond donors (Lipinski definition) is 0. The van der Waals surface area contributed by atoms with Crippen LogP contribution in [0.2, 0.25) is 0 Å². The Kier molecular flexibility index (Phi) is 8.56. The van der Waals surface area contributed by atoms with Crippen molar-refractivity contribution in [2.75, 3.05) is 0 Å². The first-order valence-corrected chi connectivity index (χ1v) is 16.6. The molecule has 0 saturated heterocycles. The third-order valence-electron chi connectivity index (χ3n) is 9.22. The number of allylic oxidation sites excluding steroid dienone is 6. The van der Waals surface area contributed by atoms with Crippen LogP contribution in [0.3, 0.4) is 0 Å². The van der Waals surface area contributed by atoms with Crippen molar-refractivity contribution in [1.82, 2.24) is 0 Å². The Hall–Kier alpha value is -5.98. The maximum Gasteiger partial charge on any atom is -0.00200 e. The van der Waals surface area contributed by atoms with Gasteiger partial charge in [-0.15, -0.1) is 0 Å². The fraction of sp³-hybridized carbons (Fsp3) is 0.0417. The molecule has 0 N–H and O–H groups in total. The van der Waals surface area contributed by atoms with E-state index < -0.39 is 0 Å². The first kappa shape index (κ1) is 30.7. The maximum atomic E-state index is 4.40. The molecule has 0 bridgehead atoms. The molecule has 7 aromatic carbocycles. The summed E-state index contributed by atoms with van der Waals surface area (Å²) in [6, 6.07) is 46.3. The highest BCUT2D eigenvalue weighted by Gasteiger charge is 2.22. The summed E-state index contributed by atoms with van der Waals surface area (Å²) in [5.41, 5.74) is 11.8. The highest BCUT2D eigenvalue weighted by atomic mass is 14.2. The lowest BCUT2D eigenvalue weighted by Crippen LogP contribution is -1.99. The quantitative estimate of drug-likeness (QED) is 0.149. The van der Waals surface area contributed by atoms with Gasteiger partial charge in [0.2, 0.25) is 0 Å². The van der Waals surface area contributed by atoms with Crippen LogP contribution in [0.4, 0.5) is 0 Å². The number of fused-ring (bicyclic) bond motifs is 3. The zero-order chi connectivity index (χ0) is 33.0. The molecule has 0 aliphatic heterocycles. The van der Waals surface area contributed by atoms with E-state index in [0.29, 0.717) is 0 Å². The molecule has 0 heteroatoms. The fourth-order valence-electron chi connectivity index (χ4n) is 7.15. The maximum absolute atomic E-state index is 4.40. The minimum absolute atomic E-state index is 1.12. The van der Waals surface area contributed by atoms with Gasteiger partial charge in [0.1, 0.15) is 0 Å². The van der Waals surface area contributed by atoms with Gasteiger partial charge in [0, 0.05) is 0 Å². The van der Waals surface area contributed by atoms with E-state index in [1.165, 1.54) is 71.3 Å². The van der Waals surface area contributed by atoms with Crippen LogP contribution in [0, 0.1) is 0 Å². The summed E-state index contributed by atoms with van der Waals surface area (Å²) in [6.45, 7) is 12.6. The Bertz CT molecular complexity index is 2420. The molecule has 0 saturated carbocycles. The zero-order valence-corrected chi connectivity index (χ0v) is 27.6. The molecule has 0 unspecified atom stereocenters. The van der Waals surface area contributed by atoms with Crippen molar-refractivity contribution in [3.05, 3.63) is 188 Å². The predicted molar refractivity (Wildman–Crippen MR) is 213 cm³/mol. The standard InChI is InChI=1S/C48H38/c1-5-16-33(17-6-2)45-31-37-20-9-10-21-38(37)32-46(45)48-42(18-7-3)39(8-4)47(43-24-13-14-25-44(43)48)36-29-27-35(28-30-36)41-26-15-22-34-19-11-12-23-40(34)41/h5-32H,1,4H2,2-3H3/b17-6-,18-7-,33-16+. The minimum Gasteiger partial charge on any atom is -0.0990 e. The fourth-order valence-corrected chi connectivity index (χ4v) is 7.15. The molecule has 0 nitrogen and oxygen atoms in total. The van der Waals surface area contributed by atoms with Gasteiger partial charge < -0.3 is 0 Å². The number of rotatable bonds is 8. The van der Waals surface area contributed by atoms with E-state index in [1.807, 2.05) is 12.2 Å². The van der Waals surface area contributed by atoms with E-state index in [-0.39, 0.29) is 0 Å².